The molecule has 0 saturated heterocycles. The van der Waals surface area contributed by atoms with Crippen LogP contribution in [0.3, 0.4) is 0 Å². The predicted octanol–water partition coefficient (Wildman–Crippen LogP) is 1.64. The lowest BCUT2D eigenvalue weighted by atomic mass is 9.76. The van der Waals surface area contributed by atoms with Crippen molar-refractivity contribution in [3.63, 3.8) is 0 Å². The number of likely N-dealkylation sites (N-methyl/N-ethyl adjacent to an activating group) is 1. The molecular formula is C16H21NO2. The molecule has 2 aliphatic rings. The highest BCUT2D eigenvalue weighted by atomic mass is 16.5. The zero-order valence-electron chi connectivity index (χ0n) is 11.6. The Morgan fingerprint density at radius 3 is 2.95 bits per heavy atom. The zero-order valence-corrected chi connectivity index (χ0v) is 11.6. The summed E-state index contributed by atoms with van der Waals surface area (Å²) in [4.78, 5) is 2.37. The highest BCUT2D eigenvalue weighted by molar-refractivity contribution is 5.44. The average Bonchev–Trinajstić information content (AvgIpc) is 2.44. The molecule has 1 aliphatic heterocycles. The molecular weight excluding hydrogens is 238 g/mol. The number of ether oxygens (including phenoxy) is 1. The van der Waals surface area contributed by atoms with Crippen molar-refractivity contribution in [2.45, 2.75) is 18.9 Å². The maximum Gasteiger partial charge on any atom is 0.122 e. The summed E-state index contributed by atoms with van der Waals surface area (Å²) in [6.07, 6.45) is 4.36. The zero-order chi connectivity index (χ0) is 13.4. The van der Waals surface area contributed by atoms with Crippen molar-refractivity contribution in [1.82, 2.24) is 4.90 Å². The van der Waals surface area contributed by atoms with Gasteiger partial charge >= 0.3 is 0 Å². The van der Waals surface area contributed by atoms with Gasteiger partial charge in [-0.3, -0.25) is 4.90 Å². The van der Waals surface area contributed by atoms with E-state index in [2.05, 4.69) is 30.2 Å². The smallest absolute Gasteiger partial charge is 0.122 e. The van der Waals surface area contributed by atoms with E-state index < -0.39 is 0 Å². The number of aliphatic hydroxyl groups excluding tert-OH is 1. The summed E-state index contributed by atoms with van der Waals surface area (Å²) in [7, 11) is 3.90. The maximum atomic E-state index is 9.38. The summed E-state index contributed by atoms with van der Waals surface area (Å²) in [6.45, 7) is 1.06. The third-order valence-electron chi connectivity index (χ3n) is 4.48. The summed E-state index contributed by atoms with van der Waals surface area (Å²) < 4.78 is 5.49. The van der Waals surface area contributed by atoms with E-state index in [-0.39, 0.29) is 6.61 Å². The second-order valence-corrected chi connectivity index (χ2v) is 5.64. The first-order chi connectivity index (χ1) is 9.22. The van der Waals surface area contributed by atoms with Crippen molar-refractivity contribution in [3.05, 3.63) is 41.0 Å². The van der Waals surface area contributed by atoms with Gasteiger partial charge in [-0.05, 0) is 48.6 Å². The Labute approximate surface area is 114 Å². The number of hydrogen-bond acceptors (Lipinski definition) is 3. The van der Waals surface area contributed by atoms with Gasteiger partial charge in [0.2, 0.25) is 0 Å². The number of fused-ring (bicyclic) bond motifs is 2. The molecule has 0 saturated carbocycles. The summed E-state index contributed by atoms with van der Waals surface area (Å²) in [6, 6.07) is 6.89. The van der Waals surface area contributed by atoms with Crippen LogP contribution >= 0.6 is 0 Å². The van der Waals surface area contributed by atoms with Gasteiger partial charge < -0.3 is 9.84 Å². The van der Waals surface area contributed by atoms with Crippen LogP contribution in [0.5, 0.6) is 5.75 Å². The molecule has 3 heteroatoms. The van der Waals surface area contributed by atoms with Gasteiger partial charge in [0.25, 0.3) is 0 Å². The van der Waals surface area contributed by atoms with Gasteiger partial charge in [-0.15, -0.1) is 0 Å². The van der Waals surface area contributed by atoms with E-state index in [1.165, 1.54) is 11.1 Å². The number of nitrogens with zero attached hydrogens (tertiary/aromatic N) is 1. The van der Waals surface area contributed by atoms with Gasteiger partial charge in [-0.25, -0.2) is 0 Å². The third-order valence-corrected chi connectivity index (χ3v) is 4.48. The van der Waals surface area contributed by atoms with E-state index >= 15 is 0 Å². The lowest BCUT2D eigenvalue weighted by Gasteiger charge is -2.42. The van der Waals surface area contributed by atoms with Gasteiger partial charge in [-0.1, -0.05) is 18.2 Å². The molecule has 0 spiro atoms. The number of hydrogen-bond donors (Lipinski definition) is 1. The minimum atomic E-state index is 0.173. The topological polar surface area (TPSA) is 32.7 Å². The first kappa shape index (κ1) is 12.7. The van der Waals surface area contributed by atoms with Crippen molar-refractivity contribution in [2.24, 2.45) is 5.92 Å². The number of benzene rings is 1. The van der Waals surface area contributed by atoms with E-state index in [4.69, 9.17) is 4.74 Å². The number of rotatable bonds is 2. The van der Waals surface area contributed by atoms with Crippen LogP contribution in [0, 0.1) is 5.92 Å². The minimum absolute atomic E-state index is 0.173. The Hall–Kier alpha value is -1.32. The van der Waals surface area contributed by atoms with Gasteiger partial charge in [0, 0.05) is 12.6 Å². The van der Waals surface area contributed by atoms with Crippen molar-refractivity contribution < 1.29 is 9.84 Å². The van der Waals surface area contributed by atoms with Crippen LogP contribution in [0.4, 0.5) is 0 Å². The van der Waals surface area contributed by atoms with E-state index in [9.17, 15) is 5.11 Å². The monoisotopic (exact) mass is 259 g/mol. The quantitative estimate of drug-likeness (QED) is 0.820. The molecule has 102 valence electrons. The summed E-state index contributed by atoms with van der Waals surface area (Å²) >= 11 is 0. The van der Waals surface area contributed by atoms with Crippen molar-refractivity contribution in [3.8, 4) is 5.75 Å². The fourth-order valence-corrected chi connectivity index (χ4v) is 3.52. The predicted molar refractivity (Wildman–Crippen MR) is 75.5 cm³/mol. The molecule has 0 bridgehead atoms. The summed E-state index contributed by atoms with van der Waals surface area (Å²) in [5, 5.41) is 9.38. The van der Waals surface area contributed by atoms with Crippen molar-refractivity contribution >= 4 is 0 Å². The molecule has 1 N–H and O–H groups in total. The van der Waals surface area contributed by atoms with E-state index in [0.29, 0.717) is 12.0 Å². The lowest BCUT2D eigenvalue weighted by Crippen LogP contribution is -2.46. The van der Waals surface area contributed by atoms with Gasteiger partial charge in [-0.2, -0.15) is 0 Å². The molecule has 0 amide bonds. The third kappa shape index (κ3) is 2.17. The van der Waals surface area contributed by atoms with Crippen molar-refractivity contribution in [1.29, 1.82) is 0 Å². The SMILES string of the molecule is COc1cccc2c1C[C@H]1C=C(CO)CN(C)[C@@H]1C2. The molecule has 1 aromatic carbocycles. The Kier molecular flexibility index (Phi) is 3.33. The Morgan fingerprint density at radius 1 is 1.37 bits per heavy atom. The Bertz CT molecular complexity index is 509. The van der Waals surface area contributed by atoms with E-state index in [1.807, 2.05) is 6.07 Å². The van der Waals surface area contributed by atoms with Crippen molar-refractivity contribution in [2.75, 3.05) is 27.3 Å². The highest BCUT2D eigenvalue weighted by Gasteiger charge is 2.34. The van der Waals surface area contributed by atoms with E-state index in [0.717, 1.165) is 30.7 Å². The second-order valence-electron chi connectivity index (χ2n) is 5.64. The fourth-order valence-electron chi connectivity index (χ4n) is 3.52. The molecule has 0 unspecified atom stereocenters. The van der Waals surface area contributed by atoms with Crippen LogP contribution in [0.2, 0.25) is 0 Å². The fraction of sp³-hybridized carbons (Fsp3) is 0.500. The lowest BCUT2D eigenvalue weighted by molar-refractivity contribution is 0.173. The highest BCUT2D eigenvalue weighted by Crippen LogP contribution is 2.37. The minimum Gasteiger partial charge on any atom is -0.496 e. The Morgan fingerprint density at radius 2 is 2.21 bits per heavy atom. The van der Waals surface area contributed by atoms with E-state index in [1.54, 1.807) is 7.11 Å². The van der Waals surface area contributed by atoms with Crippen LogP contribution < -0.4 is 4.74 Å². The van der Waals surface area contributed by atoms with Crippen LogP contribution in [0.1, 0.15) is 11.1 Å². The average molecular weight is 259 g/mol. The molecule has 2 atom stereocenters. The molecule has 1 aromatic rings. The number of methoxy groups -OCH3 is 1. The van der Waals surface area contributed by atoms with Crippen LogP contribution in [-0.2, 0) is 12.8 Å². The summed E-state index contributed by atoms with van der Waals surface area (Å²) in [5.74, 6) is 1.49. The molecule has 0 radical (unpaired) electrons. The van der Waals surface area contributed by atoms with Gasteiger partial charge in [0.15, 0.2) is 0 Å². The van der Waals surface area contributed by atoms with Crippen LogP contribution in [0.25, 0.3) is 0 Å². The van der Waals surface area contributed by atoms with Crippen LogP contribution in [-0.4, -0.2) is 43.4 Å². The number of aliphatic hydroxyl groups is 1. The molecule has 3 rings (SSSR count). The molecule has 0 fully saturated rings. The Balaban J connectivity index is 1.97. The summed E-state index contributed by atoms with van der Waals surface area (Å²) in [5.41, 5.74) is 3.89. The maximum absolute atomic E-state index is 9.38. The van der Waals surface area contributed by atoms with Crippen LogP contribution in [0.15, 0.2) is 29.8 Å². The van der Waals surface area contributed by atoms with Gasteiger partial charge in [0.05, 0.1) is 13.7 Å². The molecule has 1 aliphatic carbocycles. The standard InChI is InChI=1S/C16H21NO2/c1-17-9-11(10-18)6-13-7-14-12(8-15(13)17)4-3-5-16(14)19-2/h3-6,13,15,18H,7-10H2,1-2H3/t13-,15-/m1/s1. The second kappa shape index (κ2) is 4.99. The largest absolute Gasteiger partial charge is 0.496 e. The molecule has 0 aromatic heterocycles. The normalized spacial score (nSPS) is 26.4. The molecule has 19 heavy (non-hydrogen) atoms. The van der Waals surface area contributed by atoms with Gasteiger partial charge in [0.1, 0.15) is 5.75 Å². The molecule has 3 nitrogen and oxygen atoms in total. The first-order valence-electron chi connectivity index (χ1n) is 6.88. The first-order valence-corrected chi connectivity index (χ1v) is 6.88. The molecule has 1 heterocycles.